The van der Waals surface area contributed by atoms with Crippen LogP contribution in [-0.4, -0.2) is 80.2 Å². The maximum absolute atomic E-state index is 10.5. The van der Waals surface area contributed by atoms with Crippen molar-refractivity contribution in [3.05, 3.63) is 0 Å². The van der Waals surface area contributed by atoms with Crippen molar-refractivity contribution in [2.75, 3.05) is 13.2 Å². The molecule has 0 radical (unpaired) electrons. The van der Waals surface area contributed by atoms with Crippen LogP contribution in [0.1, 0.15) is 0 Å². The molecule has 6 nitrogen and oxygen atoms in total. The average molecular weight is 338 g/mol. The molecule has 0 rings (SSSR count). The summed E-state index contributed by atoms with van der Waals surface area (Å²) in [5.41, 5.74) is 0. The maximum atomic E-state index is 10.5. The van der Waals surface area contributed by atoms with Gasteiger partial charge < -0.3 is 25.5 Å². The summed E-state index contributed by atoms with van der Waals surface area (Å²) in [5.74, 6) is -1.00. The molecule has 8 heteroatoms. The molecule has 14 heavy (non-hydrogen) atoms. The lowest BCUT2D eigenvalue weighted by atomic mass is 10.1. The van der Waals surface area contributed by atoms with E-state index >= 15 is 0 Å². The van der Waals surface area contributed by atoms with E-state index in [1.165, 1.54) is 0 Å². The molecule has 0 aliphatic carbocycles. The van der Waals surface area contributed by atoms with Crippen LogP contribution in [0.2, 0.25) is 0 Å². The smallest absolute Gasteiger partial charge is 0.189 e. The predicted molar refractivity (Wildman–Crippen MR) is 62.6 cm³/mol. The average Bonchev–Trinajstić information content (AvgIpc) is 2.12. The SMILES string of the molecule is I.O=C(CO)[C@H](O)[C@@H](O)[C@H](O)CO.[AlH3]. The fraction of sp³-hybridized carbons (Fsp3) is 0.833. The van der Waals surface area contributed by atoms with E-state index in [1.54, 1.807) is 0 Å². The minimum Gasteiger partial charge on any atom is -0.394 e. The summed E-state index contributed by atoms with van der Waals surface area (Å²) in [4.78, 5) is 10.5. The highest BCUT2D eigenvalue weighted by molar-refractivity contribution is 14.0. The largest absolute Gasteiger partial charge is 0.394 e. The summed E-state index contributed by atoms with van der Waals surface area (Å²) < 4.78 is 0. The van der Waals surface area contributed by atoms with Gasteiger partial charge in [0.2, 0.25) is 0 Å². The zero-order valence-electron chi connectivity index (χ0n) is 6.70. The fourth-order valence-electron chi connectivity index (χ4n) is 0.602. The number of ketones is 1. The number of carbonyl (C=O) groups excluding carboxylic acids is 1. The summed E-state index contributed by atoms with van der Waals surface area (Å²) in [7, 11) is 0. The lowest BCUT2D eigenvalue weighted by molar-refractivity contribution is -0.142. The first kappa shape index (κ1) is 20.2. The zero-order chi connectivity index (χ0) is 9.72. The van der Waals surface area contributed by atoms with E-state index in [0.29, 0.717) is 0 Å². The van der Waals surface area contributed by atoms with Crippen molar-refractivity contribution in [3.63, 3.8) is 0 Å². The van der Waals surface area contributed by atoms with Crippen molar-refractivity contribution >= 4 is 47.1 Å². The van der Waals surface area contributed by atoms with Gasteiger partial charge in [-0.05, 0) is 0 Å². The van der Waals surface area contributed by atoms with Crippen molar-refractivity contribution in [2.24, 2.45) is 0 Å². The topological polar surface area (TPSA) is 118 Å². The first-order chi connectivity index (χ1) is 5.54. The molecule has 0 aliphatic heterocycles. The van der Waals surface area contributed by atoms with Gasteiger partial charge in [-0.25, -0.2) is 0 Å². The Morgan fingerprint density at radius 2 is 1.57 bits per heavy atom. The number of rotatable bonds is 5. The Bertz CT molecular complexity index is 157. The molecule has 0 aromatic heterocycles. The van der Waals surface area contributed by atoms with Gasteiger partial charge in [0, 0.05) is 0 Å². The first-order valence-electron chi connectivity index (χ1n) is 3.33. The van der Waals surface area contributed by atoms with Gasteiger partial charge in [0.25, 0.3) is 0 Å². The molecule has 86 valence electrons. The molecule has 3 atom stereocenters. The van der Waals surface area contributed by atoms with Gasteiger partial charge in [0.15, 0.2) is 23.1 Å². The molecule has 0 fully saturated rings. The van der Waals surface area contributed by atoms with Crippen molar-refractivity contribution in [2.45, 2.75) is 18.3 Å². The van der Waals surface area contributed by atoms with Crippen LogP contribution in [0.4, 0.5) is 0 Å². The second kappa shape index (κ2) is 10.3. The molecule has 0 aliphatic rings. The molecule has 0 unspecified atom stereocenters. The third-order valence-corrected chi connectivity index (χ3v) is 1.39. The van der Waals surface area contributed by atoms with Gasteiger partial charge in [-0.2, -0.15) is 0 Å². The Labute approximate surface area is 109 Å². The van der Waals surface area contributed by atoms with Crippen LogP contribution in [0.15, 0.2) is 0 Å². The Morgan fingerprint density at radius 3 is 1.86 bits per heavy atom. The Kier molecular flexibility index (Phi) is 14.8. The highest BCUT2D eigenvalue weighted by atomic mass is 127. The number of Topliss-reactive ketones (excluding diaryl/α,β-unsaturated/α-hetero) is 1. The lowest BCUT2D eigenvalue weighted by Gasteiger charge is -2.19. The van der Waals surface area contributed by atoms with Crippen LogP contribution in [0, 0.1) is 0 Å². The number of hydrogen-bond donors (Lipinski definition) is 5. The van der Waals surface area contributed by atoms with E-state index in [-0.39, 0.29) is 41.3 Å². The van der Waals surface area contributed by atoms with Gasteiger partial charge in [0.1, 0.15) is 24.9 Å². The van der Waals surface area contributed by atoms with Crippen molar-refractivity contribution in [1.29, 1.82) is 0 Å². The van der Waals surface area contributed by atoms with Gasteiger partial charge in [-0.15, -0.1) is 24.0 Å². The number of aliphatic hydroxyl groups is 5. The third-order valence-electron chi connectivity index (χ3n) is 1.39. The predicted octanol–water partition coefficient (Wildman–Crippen LogP) is -3.94. The molecule has 0 spiro atoms. The van der Waals surface area contributed by atoms with E-state index in [1.807, 2.05) is 0 Å². The van der Waals surface area contributed by atoms with E-state index in [0.717, 1.165) is 0 Å². The molecular formula is C6H16AlIO6. The Hall–Kier alpha value is 0.732. The summed E-state index contributed by atoms with van der Waals surface area (Å²) in [6.07, 6.45) is -5.22. The molecule has 0 heterocycles. The van der Waals surface area contributed by atoms with Crippen molar-refractivity contribution in [1.82, 2.24) is 0 Å². The van der Waals surface area contributed by atoms with Gasteiger partial charge in [-0.1, -0.05) is 0 Å². The summed E-state index contributed by atoms with van der Waals surface area (Å²) in [6, 6.07) is 0. The summed E-state index contributed by atoms with van der Waals surface area (Å²) in [5, 5.41) is 43.1. The van der Waals surface area contributed by atoms with Gasteiger partial charge >= 0.3 is 0 Å². The normalized spacial score (nSPS) is 15.8. The zero-order valence-corrected chi connectivity index (χ0v) is 9.03. The Morgan fingerprint density at radius 1 is 1.14 bits per heavy atom. The van der Waals surface area contributed by atoms with Gasteiger partial charge in [-0.3, -0.25) is 4.79 Å². The van der Waals surface area contributed by atoms with Gasteiger partial charge in [0.05, 0.1) is 6.61 Å². The number of aliphatic hydroxyl groups excluding tert-OH is 5. The monoisotopic (exact) mass is 338 g/mol. The van der Waals surface area contributed by atoms with Crippen LogP contribution in [0.5, 0.6) is 0 Å². The molecule has 0 bridgehead atoms. The molecule has 5 N–H and O–H groups in total. The van der Waals surface area contributed by atoms with Crippen molar-refractivity contribution < 1.29 is 30.3 Å². The van der Waals surface area contributed by atoms with Crippen LogP contribution < -0.4 is 0 Å². The molecule has 0 aromatic rings. The highest BCUT2D eigenvalue weighted by Crippen LogP contribution is 2.00. The molecule has 0 aromatic carbocycles. The van der Waals surface area contributed by atoms with Crippen LogP contribution in [0.3, 0.4) is 0 Å². The standard InChI is InChI=1S/C6H12O6.Al.HI.3H/c7-1-3(9)5(11)6(12)4(10)2-8;;;;;/h3,5-9,11-12H,1-2H2;;1H;;;/t3-,5+,6+;;;;;/m1...../s1. The lowest BCUT2D eigenvalue weighted by Crippen LogP contribution is -2.44. The fourth-order valence-corrected chi connectivity index (χ4v) is 0.602. The minimum absolute atomic E-state index is 0. The second-order valence-electron chi connectivity index (χ2n) is 2.31. The third kappa shape index (κ3) is 6.26. The van der Waals surface area contributed by atoms with Crippen LogP contribution in [0.25, 0.3) is 0 Å². The first-order valence-corrected chi connectivity index (χ1v) is 3.33. The van der Waals surface area contributed by atoms with Crippen LogP contribution in [-0.2, 0) is 4.79 Å². The summed E-state index contributed by atoms with van der Waals surface area (Å²) in [6.45, 7) is -1.69. The van der Waals surface area contributed by atoms with E-state index < -0.39 is 37.3 Å². The number of hydrogen-bond acceptors (Lipinski definition) is 6. The van der Waals surface area contributed by atoms with Crippen LogP contribution >= 0.6 is 24.0 Å². The quantitative estimate of drug-likeness (QED) is 0.258. The minimum atomic E-state index is -1.86. The van der Waals surface area contributed by atoms with E-state index in [2.05, 4.69) is 0 Å². The Balaban J connectivity index is -0.000000605. The highest BCUT2D eigenvalue weighted by Gasteiger charge is 2.28. The molecule has 0 saturated carbocycles. The molecule has 0 amide bonds. The van der Waals surface area contributed by atoms with E-state index in [9.17, 15) is 4.79 Å². The maximum Gasteiger partial charge on any atom is 0.189 e. The second-order valence-corrected chi connectivity index (χ2v) is 2.31. The molecule has 0 saturated heterocycles. The van der Waals surface area contributed by atoms with E-state index in [4.69, 9.17) is 25.5 Å². The molecular weight excluding hydrogens is 322 g/mol. The summed E-state index contributed by atoms with van der Waals surface area (Å²) >= 11 is 0. The van der Waals surface area contributed by atoms with Crippen molar-refractivity contribution in [3.8, 4) is 0 Å². The number of halogens is 1. The number of carbonyl (C=O) groups is 1.